The van der Waals surface area contributed by atoms with Gasteiger partial charge in [0.2, 0.25) is 11.8 Å². The zero-order chi connectivity index (χ0) is 17.7. The third-order valence-electron chi connectivity index (χ3n) is 6.52. The number of fused-ring (bicyclic) bond motifs is 5. The Bertz CT molecular complexity index is 858. The van der Waals surface area contributed by atoms with Crippen molar-refractivity contribution in [3.8, 4) is 0 Å². The van der Waals surface area contributed by atoms with Gasteiger partial charge in [-0.1, -0.05) is 18.2 Å². The van der Waals surface area contributed by atoms with E-state index >= 15 is 0 Å². The number of carbonyl (C=O) groups is 2. The molecular formula is C21H25N3O2. The van der Waals surface area contributed by atoms with Crippen molar-refractivity contribution in [2.75, 3.05) is 19.6 Å². The molecule has 26 heavy (non-hydrogen) atoms. The van der Waals surface area contributed by atoms with Crippen LogP contribution in [0.2, 0.25) is 0 Å². The van der Waals surface area contributed by atoms with Crippen molar-refractivity contribution in [1.29, 1.82) is 0 Å². The second-order valence-electron chi connectivity index (χ2n) is 8.17. The summed E-state index contributed by atoms with van der Waals surface area (Å²) >= 11 is 0. The summed E-state index contributed by atoms with van der Waals surface area (Å²) < 4.78 is 2.05. The summed E-state index contributed by atoms with van der Waals surface area (Å²) in [5, 5.41) is 1.17. The Morgan fingerprint density at radius 2 is 2.00 bits per heavy atom. The fraction of sp³-hybridized carbons (Fsp3) is 0.524. The Labute approximate surface area is 153 Å². The van der Waals surface area contributed by atoms with E-state index in [1.165, 1.54) is 11.8 Å². The van der Waals surface area contributed by atoms with Crippen molar-refractivity contribution in [1.82, 2.24) is 14.4 Å². The predicted molar refractivity (Wildman–Crippen MR) is 99.5 cm³/mol. The summed E-state index contributed by atoms with van der Waals surface area (Å²) in [5.41, 5.74) is 1.11. The molecule has 136 valence electrons. The average molecular weight is 351 g/mol. The number of nitrogens with zero attached hydrogens (tertiary/aromatic N) is 3. The van der Waals surface area contributed by atoms with E-state index in [4.69, 9.17) is 0 Å². The number of rotatable bonds is 2. The van der Waals surface area contributed by atoms with Crippen LogP contribution in [0.4, 0.5) is 0 Å². The summed E-state index contributed by atoms with van der Waals surface area (Å²) in [4.78, 5) is 29.4. The van der Waals surface area contributed by atoms with Crippen LogP contribution in [0.5, 0.6) is 0 Å². The summed E-state index contributed by atoms with van der Waals surface area (Å²) in [7, 11) is 0. The Hall–Kier alpha value is -2.30. The fourth-order valence-corrected chi connectivity index (χ4v) is 5.34. The molecule has 0 N–H and O–H groups in total. The van der Waals surface area contributed by atoms with Crippen molar-refractivity contribution in [2.24, 2.45) is 11.8 Å². The van der Waals surface area contributed by atoms with Gasteiger partial charge in [-0.25, -0.2) is 0 Å². The molecule has 0 spiro atoms. The minimum Gasteiger partial charge on any atom is -0.340 e. The molecule has 0 saturated carbocycles. The molecule has 0 aliphatic carbocycles. The smallest absolute Gasteiger partial charge is 0.242 e. The van der Waals surface area contributed by atoms with Gasteiger partial charge in [-0.2, -0.15) is 0 Å². The van der Waals surface area contributed by atoms with Crippen LogP contribution in [0.25, 0.3) is 10.9 Å². The van der Waals surface area contributed by atoms with Gasteiger partial charge >= 0.3 is 0 Å². The van der Waals surface area contributed by atoms with Crippen LogP contribution in [0.15, 0.2) is 36.5 Å². The second kappa shape index (κ2) is 6.15. The first-order valence-electron chi connectivity index (χ1n) is 9.80. The monoisotopic (exact) mass is 351 g/mol. The van der Waals surface area contributed by atoms with E-state index in [0.29, 0.717) is 36.8 Å². The highest BCUT2D eigenvalue weighted by atomic mass is 16.2. The lowest BCUT2D eigenvalue weighted by molar-refractivity contribution is -0.148. The van der Waals surface area contributed by atoms with Gasteiger partial charge in [0, 0.05) is 43.8 Å². The maximum absolute atomic E-state index is 13.0. The summed E-state index contributed by atoms with van der Waals surface area (Å²) in [6, 6.07) is 10.6. The molecular weight excluding hydrogens is 326 g/mol. The van der Waals surface area contributed by atoms with Crippen LogP contribution >= 0.6 is 0 Å². The van der Waals surface area contributed by atoms with Crippen molar-refractivity contribution in [3.63, 3.8) is 0 Å². The molecule has 5 rings (SSSR count). The van der Waals surface area contributed by atoms with Crippen LogP contribution < -0.4 is 0 Å². The van der Waals surface area contributed by atoms with Crippen LogP contribution in [0.3, 0.4) is 0 Å². The third-order valence-corrected chi connectivity index (χ3v) is 6.52. The number of carbonyl (C=O) groups excluding carboxylic acids is 2. The maximum Gasteiger partial charge on any atom is 0.242 e. The predicted octanol–water partition coefficient (Wildman–Crippen LogP) is 2.50. The molecule has 1 unspecified atom stereocenters. The van der Waals surface area contributed by atoms with Crippen LogP contribution in [0, 0.1) is 11.8 Å². The first-order valence-corrected chi connectivity index (χ1v) is 9.80. The van der Waals surface area contributed by atoms with Crippen LogP contribution in [-0.4, -0.2) is 51.9 Å². The normalized spacial score (nSPS) is 28.3. The third kappa shape index (κ3) is 2.61. The van der Waals surface area contributed by atoms with E-state index in [1.54, 1.807) is 0 Å². The Morgan fingerprint density at radius 3 is 2.92 bits per heavy atom. The maximum atomic E-state index is 13.0. The molecule has 2 amide bonds. The van der Waals surface area contributed by atoms with Crippen molar-refractivity contribution in [2.45, 2.75) is 38.3 Å². The molecule has 1 aromatic heterocycles. The summed E-state index contributed by atoms with van der Waals surface area (Å²) in [6.07, 6.45) is 6.00. The zero-order valence-corrected chi connectivity index (χ0v) is 15.0. The number of amides is 2. The minimum absolute atomic E-state index is 0.205. The Morgan fingerprint density at radius 1 is 1.12 bits per heavy atom. The molecule has 5 heteroatoms. The lowest BCUT2D eigenvalue weighted by Gasteiger charge is -2.52. The highest BCUT2D eigenvalue weighted by Gasteiger charge is 2.44. The van der Waals surface area contributed by atoms with E-state index in [-0.39, 0.29) is 5.91 Å². The Balaban J connectivity index is 1.32. The van der Waals surface area contributed by atoms with Gasteiger partial charge < -0.3 is 14.4 Å². The SMILES string of the molecule is O=C(Cn1ccc2ccccc21)N1C[C@H]2C[C@@H](C1)C1CCCC(=O)N1C2. The molecule has 3 aliphatic heterocycles. The molecule has 2 bridgehead atoms. The number of likely N-dealkylation sites (tertiary alicyclic amines) is 1. The van der Waals surface area contributed by atoms with E-state index < -0.39 is 0 Å². The lowest BCUT2D eigenvalue weighted by atomic mass is 9.76. The molecule has 5 nitrogen and oxygen atoms in total. The number of benzene rings is 1. The van der Waals surface area contributed by atoms with Gasteiger partial charge in [-0.15, -0.1) is 0 Å². The molecule has 0 radical (unpaired) electrons. The van der Waals surface area contributed by atoms with E-state index in [0.717, 1.165) is 38.0 Å². The fourth-order valence-electron chi connectivity index (χ4n) is 5.34. The van der Waals surface area contributed by atoms with Crippen molar-refractivity contribution >= 4 is 22.7 Å². The largest absolute Gasteiger partial charge is 0.340 e. The quantitative estimate of drug-likeness (QED) is 0.834. The number of aromatic nitrogens is 1. The molecule has 2 aromatic rings. The minimum atomic E-state index is 0.205. The topological polar surface area (TPSA) is 45.6 Å². The molecule has 1 aromatic carbocycles. The molecule has 3 aliphatic rings. The highest BCUT2D eigenvalue weighted by Crippen LogP contribution is 2.38. The number of hydrogen-bond acceptors (Lipinski definition) is 2. The van der Waals surface area contributed by atoms with Crippen LogP contribution in [0.1, 0.15) is 25.7 Å². The van der Waals surface area contributed by atoms with Gasteiger partial charge in [0.15, 0.2) is 0 Å². The highest BCUT2D eigenvalue weighted by molar-refractivity contribution is 5.83. The number of para-hydroxylation sites is 1. The van der Waals surface area contributed by atoms with Gasteiger partial charge in [-0.3, -0.25) is 9.59 Å². The number of piperidine rings is 3. The van der Waals surface area contributed by atoms with Crippen molar-refractivity contribution < 1.29 is 9.59 Å². The van der Waals surface area contributed by atoms with Gasteiger partial charge in [0.1, 0.15) is 6.54 Å². The van der Waals surface area contributed by atoms with E-state index in [1.807, 2.05) is 18.3 Å². The molecule has 3 atom stereocenters. The lowest BCUT2D eigenvalue weighted by Crippen LogP contribution is -2.61. The standard InChI is InChI=1S/C21H25N3O2/c25-20-7-3-6-19-17-10-15(12-24(19)20)11-23(13-17)21(26)14-22-9-8-16-4-1-2-5-18(16)22/h1-2,4-5,8-9,15,17,19H,3,6-7,10-14H2/t15-,17+,19?/m1/s1. The Kier molecular flexibility index (Phi) is 3.76. The first-order chi connectivity index (χ1) is 12.7. The molecule has 3 saturated heterocycles. The van der Waals surface area contributed by atoms with Crippen molar-refractivity contribution in [3.05, 3.63) is 36.5 Å². The average Bonchev–Trinajstić information content (AvgIpc) is 3.05. The molecule has 3 fully saturated rings. The van der Waals surface area contributed by atoms with Gasteiger partial charge in [0.05, 0.1) is 0 Å². The number of hydrogen-bond donors (Lipinski definition) is 0. The summed E-state index contributed by atoms with van der Waals surface area (Å²) in [6.45, 7) is 2.85. The van der Waals surface area contributed by atoms with E-state index in [2.05, 4.69) is 32.6 Å². The van der Waals surface area contributed by atoms with E-state index in [9.17, 15) is 9.59 Å². The summed E-state index contributed by atoms with van der Waals surface area (Å²) in [5.74, 6) is 1.43. The van der Waals surface area contributed by atoms with Gasteiger partial charge in [0.25, 0.3) is 0 Å². The van der Waals surface area contributed by atoms with Gasteiger partial charge in [-0.05, 0) is 48.6 Å². The zero-order valence-electron chi connectivity index (χ0n) is 15.0. The van der Waals surface area contributed by atoms with Crippen LogP contribution in [-0.2, 0) is 16.1 Å². The second-order valence-corrected chi connectivity index (χ2v) is 8.17. The first kappa shape index (κ1) is 15.9. The molecule has 4 heterocycles.